The molecule has 0 radical (unpaired) electrons. The largest absolute Gasteiger partial charge is 0.367 e. The van der Waals surface area contributed by atoms with E-state index in [1.165, 1.54) is 0 Å². The van der Waals surface area contributed by atoms with Crippen molar-refractivity contribution >= 4 is 17.4 Å². The van der Waals surface area contributed by atoms with Crippen molar-refractivity contribution in [1.82, 2.24) is 20.0 Å². The Morgan fingerprint density at radius 2 is 1.79 bits per heavy atom. The highest BCUT2D eigenvalue weighted by molar-refractivity contribution is 6.30. The quantitative estimate of drug-likeness (QED) is 0.905. The number of nitrogens with one attached hydrogen (secondary N) is 1. The highest BCUT2D eigenvalue weighted by Crippen LogP contribution is 2.20. The first kappa shape index (κ1) is 14.5. The zero-order chi connectivity index (χ0) is 13.8. The molecule has 1 aromatic rings. The van der Waals surface area contributed by atoms with Crippen LogP contribution in [0, 0.1) is 13.8 Å². The molecule has 0 spiro atoms. The van der Waals surface area contributed by atoms with Gasteiger partial charge in [0, 0.05) is 39.3 Å². The smallest absolute Gasteiger partial charge is 0.155 e. The summed E-state index contributed by atoms with van der Waals surface area (Å²) in [6, 6.07) is 0. The summed E-state index contributed by atoms with van der Waals surface area (Å²) in [5.41, 5.74) is 2.08. The zero-order valence-electron chi connectivity index (χ0n) is 11.9. The Balaban J connectivity index is 1.81. The van der Waals surface area contributed by atoms with Crippen molar-refractivity contribution < 1.29 is 0 Å². The lowest BCUT2D eigenvalue weighted by Crippen LogP contribution is -2.45. The molecule has 2 rings (SSSR count). The van der Waals surface area contributed by atoms with Crippen molar-refractivity contribution in [3.63, 3.8) is 0 Å². The predicted octanol–water partition coefficient (Wildman–Crippen LogP) is 1.41. The minimum absolute atomic E-state index is 0.488. The summed E-state index contributed by atoms with van der Waals surface area (Å²) in [7, 11) is 2.17. The Bertz CT molecular complexity index is 429. The molecular weight excluding hydrogens is 262 g/mol. The van der Waals surface area contributed by atoms with E-state index in [0.717, 1.165) is 56.2 Å². The van der Waals surface area contributed by atoms with Crippen molar-refractivity contribution in [3.05, 3.63) is 16.3 Å². The molecule has 1 fully saturated rings. The van der Waals surface area contributed by atoms with Crippen LogP contribution in [0.5, 0.6) is 0 Å². The maximum atomic E-state index is 5.94. The molecule has 0 aromatic carbocycles. The molecular formula is C13H22ClN5. The lowest BCUT2D eigenvalue weighted by molar-refractivity contribution is 0.158. The summed E-state index contributed by atoms with van der Waals surface area (Å²) in [5, 5.41) is 11.9. The Morgan fingerprint density at radius 3 is 2.47 bits per heavy atom. The van der Waals surface area contributed by atoms with Gasteiger partial charge in [0.25, 0.3) is 0 Å². The molecule has 0 unspecified atom stereocenters. The third kappa shape index (κ3) is 3.78. The van der Waals surface area contributed by atoms with Crippen LogP contribution in [0.1, 0.15) is 11.1 Å². The molecule has 0 aliphatic carbocycles. The summed E-state index contributed by atoms with van der Waals surface area (Å²) >= 11 is 5.94. The summed E-state index contributed by atoms with van der Waals surface area (Å²) < 4.78 is 0. The summed E-state index contributed by atoms with van der Waals surface area (Å²) in [6.45, 7) is 10.5. The minimum Gasteiger partial charge on any atom is -0.367 e. The molecule has 0 bridgehead atoms. The second-order valence-corrected chi connectivity index (χ2v) is 5.52. The monoisotopic (exact) mass is 283 g/mol. The van der Waals surface area contributed by atoms with E-state index in [0.29, 0.717) is 5.15 Å². The average Bonchev–Trinajstić information content (AvgIpc) is 2.41. The topological polar surface area (TPSA) is 44.3 Å². The van der Waals surface area contributed by atoms with Crippen LogP contribution in [-0.4, -0.2) is 66.3 Å². The first-order valence-electron chi connectivity index (χ1n) is 6.72. The first-order valence-corrected chi connectivity index (χ1v) is 7.10. The van der Waals surface area contributed by atoms with Gasteiger partial charge in [0.15, 0.2) is 11.0 Å². The molecule has 1 aliphatic heterocycles. The summed E-state index contributed by atoms with van der Waals surface area (Å²) in [6.07, 6.45) is 0. The van der Waals surface area contributed by atoms with Gasteiger partial charge in [-0.3, -0.25) is 4.90 Å². The third-order valence-corrected chi connectivity index (χ3v) is 4.14. The van der Waals surface area contributed by atoms with E-state index in [-0.39, 0.29) is 0 Å². The number of piperazine rings is 1. The van der Waals surface area contributed by atoms with Crippen LogP contribution in [-0.2, 0) is 0 Å². The zero-order valence-corrected chi connectivity index (χ0v) is 12.7. The lowest BCUT2D eigenvalue weighted by Gasteiger charge is -2.32. The van der Waals surface area contributed by atoms with E-state index < -0.39 is 0 Å². The second-order valence-electron chi connectivity index (χ2n) is 5.16. The van der Waals surface area contributed by atoms with Gasteiger partial charge in [-0.2, -0.15) is 0 Å². The average molecular weight is 284 g/mol. The van der Waals surface area contributed by atoms with Crippen molar-refractivity contribution in [2.45, 2.75) is 13.8 Å². The van der Waals surface area contributed by atoms with Gasteiger partial charge in [-0.15, -0.1) is 10.2 Å². The van der Waals surface area contributed by atoms with Crippen LogP contribution in [0.2, 0.25) is 5.15 Å². The number of hydrogen-bond acceptors (Lipinski definition) is 5. The van der Waals surface area contributed by atoms with Crippen molar-refractivity contribution in [1.29, 1.82) is 0 Å². The van der Waals surface area contributed by atoms with Crippen LogP contribution in [0.4, 0.5) is 5.82 Å². The maximum Gasteiger partial charge on any atom is 0.155 e. The van der Waals surface area contributed by atoms with Crippen molar-refractivity contribution in [2.24, 2.45) is 0 Å². The van der Waals surface area contributed by atoms with Gasteiger partial charge in [-0.1, -0.05) is 11.6 Å². The Morgan fingerprint density at radius 1 is 1.11 bits per heavy atom. The number of nitrogens with zero attached hydrogens (tertiary/aromatic N) is 4. The lowest BCUT2D eigenvalue weighted by atomic mass is 10.2. The minimum atomic E-state index is 0.488. The van der Waals surface area contributed by atoms with E-state index in [4.69, 9.17) is 11.6 Å². The van der Waals surface area contributed by atoms with Crippen molar-refractivity contribution in [2.75, 3.05) is 51.6 Å². The van der Waals surface area contributed by atoms with Crippen LogP contribution in [0.25, 0.3) is 0 Å². The molecule has 0 saturated carbocycles. The van der Waals surface area contributed by atoms with Crippen LogP contribution >= 0.6 is 11.6 Å². The standard InChI is InChI=1S/C13H22ClN5/c1-10-11(2)13(17-16-12(10)14)15-4-5-19-8-6-18(3)7-9-19/h4-9H2,1-3H3,(H,15,17). The highest BCUT2D eigenvalue weighted by atomic mass is 35.5. The van der Waals surface area contributed by atoms with E-state index in [1.54, 1.807) is 0 Å². The molecule has 1 aromatic heterocycles. The second kappa shape index (κ2) is 6.50. The number of aromatic nitrogens is 2. The summed E-state index contributed by atoms with van der Waals surface area (Å²) in [4.78, 5) is 4.83. The SMILES string of the molecule is Cc1c(Cl)nnc(NCCN2CCN(C)CC2)c1C. The van der Waals surface area contributed by atoms with Crippen LogP contribution < -0.4 is 5.32 Å². The molecule has 19 heavy (non-hydrogen) atoms. The molecule has 6 heteroatoms. The van der Waals surface area contributed by atoms with Crippen molar-refractivity contribution in [3.8, 4) is 0 Å². The molecule has 5 nitrogen and oxygen atoms in total. The van der Waals surface area contributed by atoms with Gasteiger partial charge in [0.2, 0.25) is 0 Å². The van der Waals surface area contributed by atoms with Crippen LogP contribution in [0.3, 0.4) is 0 Å². The number of rotatable bonds is 4. The van der Waals surface area contributed by atoms with E-state index in [2.05, 4.69) is 32.4 Å². The third-order valence-electron chi connectivity index (χ3n) is 3.78. The molecule has 2 heterocycles. The van der Waals surface area contributed by atoms with E-state index >= 15 is 0 Å². The van der Waals surface area contributed by atoms with Gasteiger partial charge in [-0.05, 0) is 32.0 Å². The highest BCUT2D eigenvalue weighted by Gasteiger charge is 2.13. The van der Waals surface area contributed by atoms with Gasteiger partial charge < -0.3 is 10.2 Å². The fourth-order valence-electron chi connectivity index (χ4n) is 2.15. The predicted molar refractivity (Wildman–Crippen MR) is 78.9 cm³/mol. The van der Waals surface area contributed by atoms with Gasteiger partial charge in [0.05, 0.1) is 0 Å². The molecule has 106 valence electrons. The van der Waals surface area contributed by atoms with E-state index in [1.807, 2.05) is 13.8 Å². The fraction of sp³-hybridized carbons (Fsp3) is 0.692. The molecule has 1 saturated heterocycles. The van der Waals surface area contributed by atoms with Gasteiger partial charge >= 0.3 is 0 Å². The van der Waals surface area contributed by atoms with Gasteiger partial charge in [-0.25, -0.2) is 0 Å². The molecule has 1 aliphatic rings. The number of halogens is 1. The maximum absolute atomic E-state index is 5.94. The summed E-state index contributed by atoms with van der Waals surface area (Å²) in [5.74, 6) is 0.844. The van der Waals surface area contributed by atoms with E-state index in [9.17, 15) is 0 Å². The Kier molecular flexibility index (Phi) is 4.96. The van der Waals surface area contributed by atoms with Gasteiger partial charge in [0.1, 0.15) is 0 Å². The Hall–Kier alpha value is -0.910. The Labute approximate surface area is 119 Å². The number of hydrogen-bond donors (Lipinski definition) is 1. The molecule has 0 amide bonds. The normalized spacial score (nSPS) is 17.7. The molecule has 0 atom stereocenters. The van der Waals surface area contributed by atoms with Crippen LogP contribution in [0.15, 0.2) is 0 Å². The number of likely N-dealkylation sites (N-methyl/N-ethyl adjacent to an activating group) is 1. The molecule has 1 N–H and O–H groups in total. The first-order chi connectivity index (χ1) is 9.08. The number of anilines is 1. The fourth-order valence-corrected chi connectivity index (χ4v) is 2.33.